The first-order valence-corrected chi connectivity index (χ1v) is 9.39. The summed E-state index contributed by atoms with van der Waals surface area (Å²) in [5.41, 5.74) is 2.49. The molecule has 0 radical (unpaired) electrons. The van der Waals surface area contributed by atoms with Gasteiger partial charge in [-0.2, -0.15) is 4.98 Å². The van der Waals surface area contributed by atoms with Crippen LogP contribution in [0.1, 0.15) is 17.8 Å². The molecule has 136 valence electrons. The molecule has 0 saturated carbocycles. The SMILES string of the molecule is Cc1nnc2nc(N3CCCc4c(Br)cccc43)c3c(F)cc(F)cc3n12. The predicted molar refractivity (Wildman–Crippen MR) is 102 cm³/mol. The Morgan fingerprint density at radius 1 is 1.15 bits per heavy atom. The molecular formula is C19H14BrF2N5. The maximum absolute atomic E-state index is 14.9. The van der Waals surface area contributed by atoms with Crippen LogP contribution < -0.4 is 4.90 Å². The summed E-state index contributed by atoms with van der Waals surface area (Å²) in [5.74, 6) is -0.0117. The molecule has 2 aromatic heterocycles. The molecule has 0 saturated heterocycles. The number of hydrogen-bond acceptors (Lipinski definition) is 4. The minimum absolute atomic E-state index is 0.264. The molecule has 5 rings (SSSR count). The summed E-state index contributed by atoms with van der Waals surface area (Å²) in [4.78, 5) is 6.59. The molecule has 1 aliphatic heterocycles. The molecule has 2 aromatic carbocycles. The van der Waals surface area contributed by atoms with Gasteiger partial charge in [0, 0.05) is 22.8 Å². The summed E-state index contributed by atoms with van der Waals surface area (Å²) in [7, 11) is 0. The van der Waals surface area contributed by atoms with Crippen LogP contribution in [0.2, 0.25) is 0 Å². The number of halogens is 3. The van der Waals surface area contributed by atoms with Gasteiger partial charge in [0.1, 0.15) is 23.3 Å². The van der Waals surface area contributed by atoms with E-state index < -0.39 is 11.6 Å². The van der Waals surface area contributed by atoms with Gasteiger partial charge in [-0.1, -0.05) is 22.0 Å². The molecule has 3 heterocycles. The molecule has 1 aliphatic rings. The Bertz CT molecular complexity index is 1220. The highest BCUT2D eigenvalue weighted by atomic mass is 79.9. The van der Waals surface area contributed by atoms with Crippen molar-refractivity contribution in [2.45, 2.75) is 19.8 Å². The van der Waals surface area contributed by atoms with Crippen LogP contribution in [0.3, 0.4) is 0 Å². The van der Waals surface area contributed by atoms with Gasteiger partial charge < -0.3 is 4.90 Å². The lowest BCUT2D eigenvalue weighted by molar-refractivity contribution is 0.591. The highest BCUT2D eigenvalue weighted by Gasteiger charge is 2.26. The van der Waals surface area contributed by atoms with E-state index in [9.17, 15) is 8.78 Å². The number of anilines is 2. The highest BCUT2D eigenvalue weighted by molar-refractivity contribution is 9.10. The van der Waals surface area contributed by atoms with Gasteiger partial charge in [-0.05, 0) is 43.5 Å². The van der Waals surface area contributed by atoms with Crippen LogP contribution in [-0.4, -0.2) is 26.1 Å². The van der Waals surface area contributed by atoms with Crippen LogP contribution in [0.4, 0.5) is 20.3 Å². The molecule has 27 heavy (non-hydrogen) atoms. The Hall–Kier alpha value is -2.61. The second-order valence-corrected chi connectivity index (χ2v) is 7.45. The van der Waals surface area contributed by atoms with Crippen LogP contribution in [0.25, 0.3) is 16.7 Å². The van der Waals surface area contributed by atoms with Gasteiger partial charge in [0.2, 0.25) is 0 Å². The molecule has 5 nitrogen and oxygen atoms in total. The second kappa shape index (κ2) is 5.95. The van der Waals surface area contributed by atoms with Crippen molar-refractivity contribution in [2.24, 2.45) is 0 Å². The Balaban J connectivity index is 1.88. The van der Waals surface area contributed by atoms with Crippen LogP contribution in [0.15, 0.2) is 34.8 Å². The fraction of sp³-hybridized carbons (Fsp3) is 0.211. The van der Waals surface area contributed by atoms with Crippen molar-refractivity contribution >= 4 is 44.1 Å². The van der Waals surface area contributed by atoms with Crippen LogP contribution >= 0.6 is 15.9 Å². The highest BCUT2D eigenvalue weighted by Crippen LogP contribution is 2.40. The molecule has 0 aliphatic carbocycles. The first-order chi connectivity index (χ1) is 13.0. The molecule has 4 aromatic rings. The number of aryl methyl sites for hydroxylation is 1. The van der Waals surface area contributed by atoms with Crippen molar-refractivity contribution in [1.29, 1.82) is 0 Å². The average Bonchev–Trinajstić information content (AvgIpc) is 3.02. The van der Waals surface area contributed by atoms with E-state index in [0.717, 1.165) is 34.6 Å². The molecule has 8 heteroatoms. The first-order valence-electron chi connectivity index (χ1n) is 8.60. The lowest BCUT2D eigenvalue weighted by Crippen LogP contribution is -2.26. The Morgan fingerprint density at radius 2 is 2.00 bits per heavy atom. The van der Waals surface area contributed by atoms with Gasteiger partial charge in [0.15, 0.2) is 0 Å². The zero-order chi connectivity index (χ0) is 18.7. The Morgan fingerprint density at radius 3 is 2.85 bits per heavy atom. The van der Waals surface area contributed by atoms with E-state index in [1.165, 1.54) is 6.07 Å². The molecule has 0 unspecified atom stereocenters. The van der Waals surface area contributed by atoms with Crippen LogP contribution in [-0.2, 0) is 6.42 Å². The van der Waals surface area contributed by atoms with Gasteiger partial charge in [-0.15, -0.1) is 10.2 Å². The van der Waals surface area contributed by atoms with E-state index in [0.29, 0.717) is 29.5 Å². The maximum Gasteiger partial charge on any atom is 0.257 e. The lowest BCUT2D eigenvalue weighted by atomic mass is 10.0. The number of nitrogens with zero attached hydrogens (tertiary/aromatic N) is 5. The van der Waals surface area contributed by atoms with E-state index in [-0.39, 0.29) is 5.39 Å². The van der Waals surface area contributed by atoms with Crippen LogP contribution in [0.5, 0.6) is 0 Å². The average molecular weight is 430 g/mol. The summed E-state index contributed by atoms with van der Waals surface area (Å²) >= 11 is 3.60. The minimum atomic E-state index is -0.648. The molecule has 0 atom stereocenters. The van der Waals surface area contributed by atoms with Gasteiger partial charge in [-0.25, -0.2) is 8.78 Å². The smallest absolute Gasteiger partial charge is 0.257 e. The van der Waals surface area contributed by atoms with Gasteiger partial charge in [0.05, 0.1) is 10.9 Å². The minimum Gasteiger partial charge on any atom is -0.325 e. The molecule has 0 amide bonds. The number of benzene rings is 2. The quantitative estimate of drug-likeness (QED) is 0.439. The molecule has 0 spiro atoms. The van der Waals surface area contributed by atoms with Crippen molar-refractivity contribution in [3.8, 4) is 0 Å². The number of fused-ring (bicyclic) bond motifs is 4. The van der Waals surface area contributed by atoms with Crippen LogP contribution in [0, 0.1) is 18.6 Å². The molecule has 0 fully saturated rings. The maximum atomic E-state index is 14.9. The van der Waals surface area contributed by atoms with E-state index in [1.807, 2.05) is 23.1 Å². The summed E-state index contributed by atoms with van der Waals surface area (Å²) in [5, 5.41) is 8.37. The fourth-order valence-electron chi connectivity index (χ4n) is 3.81. The number of rotatable bonds is 1. The number of hydrogen-bond donors (Lipinski definition) is 0. The third kappa shape index (κ3) is 2.43. The monoisotopic (exact) mass is 429 g/mol. The first kappa shape index (κ1) is 16.6. The summed E-state index contributed by atoms with van der Waals surface area (Å²) < 4.78 is 31.5. The number of aromatic nitrogens is 4. The van der Waals surface area contributed by atoms with Gasteiger partial charge >= 0.3 is 0 Å². The zero-order valence-electron chi connectivity index (χ0n) is 14.4. The van der Waals surface area contributed by atoms with Crippen molar-refractivity contribution in [2.75, 3.05) is 11.4 Å². The molecule has 0 N–H and O–H groups in total. The normalized spacial score (nSPS) is 14.1. The van der Waals surface area contributed by atoms with Gasteiger partial charge in [0.25, 0.3) is 5.78 Å². The predicted octanol–water partition coefficient (Wildman–Crippen LogP) is 4.71. The molecular weight excluding hydrogens is 416 g/mol. The van der Waals surface area contributed by atoms with E-state index >= 15 is 0 Å². The lowest BCUT2D eigenvalue weighted by Gasteiger charge is -2.31. The standard InChI is InChI=1S/C19H14BrF2N5/c1-10-24-25-19-23-18(17-14(22)8-11(21)9-16(17)27(10)19)26-7-3-4-12-13(20)5-2-6-15(12)26/h2,5-6,8-9H,3-4,7H2,1H3. The fourth-order valence-corrected chi connectivity index (χ4v) is 4.37. The largest absolute Gasteiger partial charge is 0.325 e. The van der Waals surface area contributed by atoms with E-state index in [1.54, 1.807) is 11.3 Å². The summed E-state index contributed by atoms with van der Waals surface area (Å²) in [6.07, 6.45) is 1.83. The topological polar surface area (TPSA) is 46.3 Å². The Labute approximate surface area is 161 Å². The Kier molecular flexibility index (Phi) is 3.65. The van der Waals surface area contributed by atoms with E-state index in [4.69, 9.17) is 0 Å². The van der Waals surface area contributed by atoms with Crippen molar-refractivity contribution < 1.29 is 8.78 Å². The van der Waals surface area contributed by atoms with Crippen molar-refractivity contribution in [3.05, 3.63) is 57.8 Å². The second-order valence-electron chi connectivity index (χ2n) is 6.59. The third-order valence-corrected chi connectivity index (χ3v) is 5.70. The zero-order valence-corrected chi connectivity index (χ0v) is 16.0. The van der Waals surface area contributed by atoms with E-state index in [2.05, 4.69) is 31.1 Å². The molecule has 0 bridgehead atoms. The third-order valence-electron chi connectivity index (χ3n) is 4.96. The van der Waals surface area contributed by atoms with Crippen molar-refractivity contribution in [3.63, 3.8) is 0 Å². The summed E-state index contributed by atoms with van der Waals surface area (Å²) in [6.45, 7) is 2.42. The van der Waals surface area contributed by atoms with Gasteiger partial charge in [-0.3, -0.25) is 4.40 Å². The van der Waals surface area contributed by atoms with Crippen molar-refractivity contribution in [1.82, 2.24) is 19.6 Å². The summed E-state index contributed by atoms with van der Waals surface area (Å²) in [6, 6.07) is 8.13.